The van der Waals surface area contributed by atoms with Gasteiger partial charge in [-0.2, -0.15) is 0 Å². The Morgan fingerprint density at radius 3 is 2.59 bits per heavy atom. The molecular weight excluding hydrogens is 210 g/mol. The van der Waals surface area contributed by atoms with Crippen LogP contribution in [0.4, 0.5) is 0 Å². The number of ether oxygens (including phenoxy) is 1. The lowest BCUT2D eigenvalue weighted by atomic mass is 10.0. The first-order valence-corrected chi connectivity index (χ1v) is 6.69. The molecule has 0 aromatic heterocycles. The van der Waals surface area contributed by atoms with Crippen molar-refractivity contribution in [2.24, 2.45) is 0 Å². The van der Waals surface area contributed by atoms with E-state index in [-0.39, 0.29) is 5.60 Å². The van der Waals surface area contributed by atoms with Gasteiger partial charge in [0.1, 0.15) is 0 Å². The van der Waals surface area contributed by atoms with Crippen LogP contribution < -0.4 is 5.32 Å². The number of hydrogen-bond donors (Lipinski definition) is 1. The normalized spacial score (nSPS) is 26.1. The highest BCUT2D eigenvalue weighted by Gasteiger charge is 2.42. The summed E-state index contributed by atoms with van der Waals surface area (Å²) in [5.74, 6) is 0. The standard InChI is InChI=1S/C15H21NO/c1-17-15(8-9-15)11-12-4-6-13(7-5-12)14-3-2-10-16-14/h4-7,14,16H,2-3,8-11H2,1H3. The molecule has 92 valence electrons. The van der Waals surface area contributed by atoms with Crippen LogP contribution in [0, 0.1) is 0 Å². The fourth-order valence-corrected chi connectivity index (χ4v) is 2.80. The quantitative estimate of drug-likeness (QED) is 0.860. The molecule has 1 heterocycles. The third-order valence-corrected chi connectivity index (χ3v) is 4.21. The highest BCUT2D eigenvalue weighted by Crippen LogP contribution is 2.41. The molecule has 0 radical (unpaired) electrons. The van der Waals surface area contributed by atoms with Crippen LogP contribution in [0.15, 0.2) is 24.3 Å². The van der Waals surface area contributed by atoms with Crippen molar-refractivity contribution in [1.29, 1.82) is 0 Å². The molecule has 1 aromatic carbocycles. The Bertz CT molecular complexity index is 374. The lowest BCUT2D eigenvalue weighted by molar-refractivity contribution is 0.0807. The van der Waals surface area contributed by atoms with Crippen molar-refractivity contribution in [3.8, 4) is 0 Å². The second-order valence-corrected chi connectivity index (χ2v) is 5.45. The fraction of sp³-hybridized carbons (Fsp3) is 0.600. The molecule has 0 bridgehead atoms. The van der Waals surface area contributed by atoms with Gasteiger partial charge in [0.05, 0.1) is 5.60 Å². The van der Waals surface area contributed by atoms with Gasteiger partial charge in [-0.25, -0.2) is 0 Å². The first kappa shape index (κ1) is 11.2. The van der Waals surface area contributed by atoms with Gasteiger partial charge >= 0.3 is 0 Å². The summed E-state index contributed by atoms with van der Waals surface area (Å²) in [6.07, 6.45) is 6.09. The molecule has 1 aliphatic heterocycles. The average Bonchev–Trinajstić information content (AvgIpc) is 2.92. The Kier molecular flexibility index (Phi) is 2.93. The van der Waals surface area contributed by atoms with E-state index in [1.807, 2.05) is 7.11 Å². The van der Waals surface area contributed by atoms with Crippen LogP contribution in [0.1, 0.15) is 42.9 Å². The Morgan fingerprint density at radius 1 is 1.29 bits per heavy atom. The van der Waals surface area contributed by atoms with Gasteiger partial charge in [-0.3, -0.25) is 0 Å². The van der Waals surface area contributed by atoms with Crippen molar-refractivity contribution < 1.29 is 4.74 Å². The van der Waals surface area contributed by atoms with Gasteiger partial charge in [0.25, 0.3) is 0 Å². The van der Waals surface area contributed by atoms with Crippen LogP contribution in [0.25, 0.3) is 0 Å². The largest absolute Gasteiger partial charge is 0.378 e. The molecule has 2 nitrogen and oxygen atoms in total. The Morgan fingerprint density at radius 2 is 2.06 bits per heavy atom. The predicted octanol–water partition coefficient (Wildman–Crippen LogP) is 2.83. The Hall–Kier alpha value is -0.860. The summed E-state index contributed by atoms with van der Waals surface area (Å²) in [5, 5.41) is 3.54. The zero-order chi connectivity index (χ0) is 11.7. The summed E-state index contributed by atoms with van der Waals surface area (Å²) < 4.78 is 5.57. The lowest BCUT2D eigenvalue weighted by Crippen LogP contribution is -2.15. The van der Waals surface area contributed by atoms with Crippen molar-refractivity contribution in [2.75, 3.05) is 13.7 Å². The third-order valence-electron chi connectivity index (χ3n) is 4.21. The second kappa shape index (κ2) is 4.43. The molecule has 0 amide bonds. The number of benzene rings is 1. The van der Waals surface area contributed by atoms with E-state index in [2.05, 4.69) is 29.6 Å². The van der Waals surface area contributed by atoms with Crippen LogP contribution in [0.5, 0.6) is 0 Å². The molecule has 2 heteroatoms. The highest BCUT2D eigenvalue weighted by molar-refractivity contribution is 5.27. The smallest absolute Gasteiger partial charge is 0.0721 e. The molecule has 1 N–H and O–H groups in total. The first-order valence-electron chi connectivity index (χ1n) is 6.69. The third kappa shape index (κ3) is 2.38. The summed E-state index contributed by atoms with van der Waals surface area (Å²) in [5.41, 5.74) is 3.02. The zero-order valence-electron chi connectivity index (χ0n) is 10.5. The number of rotatable bonds is 4. The predicted molar refractivity (Wildman–Crippen MR) is 69.1 cm³/mol. The molecule has 1 atom stereocenters. The molecule has 1 unspecified atom stereocenters. The van der Waals surface area contributed by atoms with E-state index in [0.717, 1.165) is 6.42 Å². The molecular formula is C15H21NO. The molecule has 2 fully saturated rings. The Balaban J connectivity index is 1.67. The average molecular weight is 231 g/mol. The van der Waals surface area contributed by atoms with Gasteiger partial charge in [-0.1, -0.05) is 24.3 Å². The fourth-order valence-electron chi connectivity index (χ4n) is 2.80. The maximum atomic E-state index is 5.57. The maximum Gasteiger partial charge on any atom is 0.0721 e. The number of hydrogen-bond acceptors (Lipinski definition) is 2. The van der Waals surface area contributed by atoms with Crippen molar-refractivity contribution in [2.45, 2.75) is 43.7 Å². The van der Waals surface area contributed by atoms with E-state index < -0.39 is 0 Å². The van der Waals surface area contributed by atoms with Gasteiger partial charge in [-0.15, -0.1) is 0 Å². The van der Waals surface area contributed by atoms with Crippen LogP contribution >= 0.6 is 0 Å². The minimum absolute atomic E-state index is 0.174. The minimum atomic E-state index is 0.174. The molecule has 1 saturated heterocycles. The first-order chi connectivity index (χ1) is 8.31. The lowest BCUT2D eigenvalue weighted by Gasteiger charge is -2.15. The van der Waals surface area contributed by atoms with E-state index in [1.165, 1.54) is 43.4 Å². The summed E-state index contributed by atoms with van der Waals surface area (Å²) in [6.45, 7) is 1.17. The van der Waals surface area contributed by atoms with Gasteiger partial charge in [0.2, 0.25) is 0 Å². The molecule has 0 spiro atoms. The van der Waals surface area contributed by atoms with Gasteiger partial charge < -0.3 is 10.1 Å². The van der Waals surface area contributed by atoms with Crippen LogP contribution in [-0.4, -0.2) is 19.3 Å². The van der Waals surface area contributed by atoms with Gasteiger partial charge in [0, 0.05) is 19.6 Å². The molecule has 1 aliphatic carbocycles. The van der Waals surface area contributed by atoms with Gasteiger partial charge in [0.15, 0.2) is 0 Å². The highest BCUT2D eigenvalue weighted by atomic mass is 16.5. The molecule has 1 saturated carbocycles. The number of methoxy groups -OCH3 is 1. The van der Waals surface area contributed by atoms with Crippen LogP contribution in [0.2, 0.25) is 0 Å². The van der Waals surface area contributed by atoms with E-state index in [1.54, 1.807) is 0 Å². The van der Waals surface area contributed by atoms with E-state index in [0.29, 0.717) is 6.04 Å². The summed E-state index contributed by atoms with van der Waals surface area (Å²) in [7, 11) is 1.84. The van der Waals surface area contributed by atoms with Crippen molar-refractivity contribution in [3.05, 3.63) is 35.4 Å². The van der Waals surface area contributed by atoms with Crippen molar-refractivity contribution >= 4 is 0 Å². The second-order valence-electron chi connectivity index (χ2n) is 5.45. The topological polar surface area (TPSA) is 21.3 Å². The van der Waals surface area contributed by atoms with Crippen LogP contribution in [0.3, 0.4) is 0 Å². The van der Waals surface area contributed by atoms with E-state index >= 15 is 0 Å². The van der Waals surface area contributed by atoms with Crippen molar-refractivity contribution in [1.82, 2.24) is 5.32 Å². The summed E-state index contributed by atoms with van der Waals surface area (Å²) in [6, 6.07) is 9.69. The molecule has 1 aromatic rings. The van der Waals surface area contributed by atoms with Gasteiger partial charge in [-0.05, 0) is 43.4 Å². The Labute approximate surface area is 103 Å². The summed E-state index contributed by atoms with van der Waals surface area (Å²) >= 11 is 0. The van der Waals surface area contributed by atoms with E-state index in [4.69, 9.17) is 4.74 Å². The molecule has 2 aliphatic rings. The maximum absolute atomic E-state index is 5.57. The van der Waals surface area contributed by atoms with Crippen LogP contribution in [-0.2, 0) is 11.2 Å². The number of nitrogens with one attached hydrogen (secondary N) is 1. The van der Waals surface area contributed by atoms with Crippen molar-refractivity contribution in [3.63, 3.8) is 0 Å². The summed E-state index contributed by atoms with van der Waals surface area (Å²) in [4.78, 5) is 0. The monoisotopic (exact) mass is 231 g/mol. The van der Waals surface area contributed by atoms with E-state index in [9.17, 15) is 0 Å². The molecule has 17 heavy (non-hydrogen) atoms. The molecule has 3 rings (SSSR count). The zero-order valence-corrected chi connectivity index (χ0v) is 10.5. The SMILES string of the molecule is COC1(Cc2ccc(C3CCCN3)cc2)CC1. The minimum Gasteiger partial charge on any atom is -0.378 e.